The van der Waals surface area contributed by atoms with Crippen molar-refractivity contribution in [2.75, 3.05) is 0 Å². The zero-order chi connectivity index (χ0) is 13.0. The zero-order valence-corrected chi connectivity index (χ0v) is 9.28. The monoisotopic (exact) mass is 248 g/mol. The van der Waals surface area contributed by atoms with Gasteiger partial charge in [-0.25, -0.2) is 4.98 Å². The molecular formula is C11H10N3O4+. The molecule has 0 aliphatic carbocycles. The van der Waals surface area contributed by atoms with Crippen molar-refractivity contribution < 1.29 is 19.0 Å². The SMILES string of the molecule is O=C(OCc1ccccc1[N+](=O)[O-])[n+]1cc[nH]c1. The van der Waals surface area contributed by atoms with Crippen LogP contribution in [0.1, 0.15) is 5.56 Å². The molecule has 92 valence electrons. The summed E-state index contributed by atoms with van der Waals surface area (Å²) in [6, 6.07) is 6.13. The Morgan fingerprint density at radius 1 is 1.44 bits per heavy atom. The number of hydrogen-bond acceptors (Lipinski definition) is 4. The second kappa shape index (κ2) is 5.09. The number of nitro groups is 1. The van der Waals surface area contributed by atoms with Crippen molar-refractivity contribution in [3.8, 4) is 0 Å². The second-order valence-electron chi connectivity index (χ2n) is 3.46. The Hall–Kier alpha value is -2.70. The quantitative estimate of drug-likeness (QED) is 0.505. The van der Waals surface area contributed by atoms with Crippen LogP contribution in [0.2, 0.25) is 0 Å². The van der Waals surface area contributed by atoms with Gasteiger partial charge in [0, 0.05) is 6.07 Å². The molecule has 0 saturated carbocycles. The minimum atomic E-state index is -0.602. The second-order valence-corrected chi connectivity index (χ2v) is 3.46. The highest BCUT2D eigenvalue weighted by Crippen LogP contribution is 2.18. The zero-order valence-electron chi connectivity index (χ0n) is 9.28. The number of ether oxygens (including phenoxy) is 1. The maximum atomic E-state index is 11.5. The average Bonchev–Trinajstić information content (AvgIpc) is 2.90. The van der Waals surface area contributed by atoms with Crippen LogP contribution in [0.3, 0.4) is 0 Å². The van der Waals surface area contributed by atoms with Gasteiger partial charge in [-0.2, -0.15) is 4.79 Å². The maximum absolute atomic E-state index is 11.5. The number of H-pyrrole nitrogens is 1. The van der Waals surface area contributed by atoms with E-state index in [4.69, 9.17) is 4.74 Å². The van der Waals surface area contributed by atoms with Gasteiger partial charge >= 0.3 is 6.09 Å². The lowest BCUT2D eigenvalue weighted by Gasteiger charge is -2.02. The number of nitro benzene ring substituents is 1. The third-order valence-electron chi connectivity index (χ3n) is 2.30. The number of imidazole rings is 1. The van der Waals surface area contributed by atoms with Gasteiger partial charge in [-0.15, -0.1) is 4.57 Å². The molecule has 1 N–H and O–H groups in total. The first kappa shape index (κ1) is 11.8. The summed E-state index contributed by atoms with van der Waals surface area (Å²) in [5.74, 6) is 0. The van der Waals surface area contributed by atoms with Gasteiger partial charge in [-0.3, -0.25) is 10.1 Å². The van der Waals surface area contributed by atoms with E-state index in [-0.39, 0.29) is 12.3 Å². The smallest absolute Gasteiger partial charge is 0.426 e. The summed E-state index contributed by atoms with van der Waals surface area (Å²) in [6.45, 7) is -0.145. The largest absolute Gasteiger partial charge is 0.511 e. The molecule has 0 aliphatic rings. The molecule has 1 aromatic heterocycles. The minimum absolute atomic E-state index is 0.0654. The van der Waals surface area contributed by atoms with Crippen LogP contribution in [0.15, 0.2) is 43.0 Å². The number of rotatable bonds is 3. The molecular weight excluding hydrogens is 238 g/mol. The van der Waals surface area contributed by atoms with Crippen molar-refractivity contribution in [1.82, 2.24) is 4.98 Å². The van der Waals surface area contributed by atoms with Gasteiger partial charge in [0.25, 0.3) is 12.0 Å². The van der Waals surface area contributed by atoms with Crippen molar-refractivity contribution >= 4 is 11.8 Å². The van der Waals surface area contributed by atoms with E-state index in [9.17, 15) is 14.9 Å². The molecule has 1 heterocycles. The van der Waals surface area contributed by atoms with Gasteiger partial charge < -0.3 is 4.74 Å². The van der Waals surface area contributed by atoms with Gasteiger partial charge in [0.15, 0.2) is 0 Å². The van der Waals surface area contributed by atoms with Crippen LogP contribution < -0.4 is 4.57 Å². The molecule has 0 aliphatic heterocycles. The van der Waals surface area contributed by atoms with Gasteiger partial charge in [-0.05, 0) is 6.07 Å². The molecule has 0 spiro atoms. The highest BCUT2D eigenvalue weighted by molar-refractivity contribution is 5.56. The van der Waals surface area contributed by atoms with E-state index in [2.05, 4.69) is 4.98 Å². The lowest BCUT2D eigenvalue weighted by Crippen LogP contribution is -2.40. The molecule has 0 atom stereocenters. The molecule has 2 aromatic rings. The van der Waals surface area contributed by atoms with Crippen LogP contribution in [0, 0.1) is 10.1 Å². The molecule has 0 bridgehead atoms. The van der Waals surface area contributed by atoms with Crippen LogP contribution in [0.5, 0.6) is 0 Å². The summed E-state index contributed by atoms with van der Waals surface area (Å²) in [5.41, 5.74) is 0.288. The molecule has 0 unspecified atom stereocenters. The number of aromatic amines is 1. The number of benzene rings is 1. The van der Waals surface area contributed by atoms with Gasteiger partial charge in [0.1, 0.15) is 19.0 Å². The molecule has 0 amide bonds. The van der Waals surface area contributed by atoms with Crippen LogP contribution in [-0.4, -0.2) is 16.0 Å². The number of carbonyl (C=O) groups excluding carboxylic acids is 1. The van der Waals surface area contributed by atoms with Crippen LogP contribution >= 0.6 is 0 Å². The molecule has 0 fully saturated rings. The summed E-state index contributed by atoms with van der Waals surface area (Å²) in [4.78, 5) is 24.4. The number of nitrogens with zero attached hydrogens (tertiary/aromatic N) is 2. The molecule has 18 heavy (non-hydrogen) atoms. The summed E-state index contributed by atoms with van der Waals surface area (Å²) in [5, 5.41) is 10.7. The fourth-order valence-electron chi connectivity index (χ4n) is 1.43. The molecule has 1 aromatic carbocycles. The van der Waals surface area contributed by atoms with Gasteiger partial charge in [-0.1, -0.05) is 12.1 Å². The molecule has 2 rings (SSSR count). The number of nitrogens with one attached hydrogen (secondary N) is 1. The normalized spacial score (nSPS) is 10.0. The fourth-order valence-corrected chi connectivity index (χ4v) is 1.43. The molecule has 7 nitrogen and oxygen atoms in total. The third kappa shape index (κ3) is 2.51. The summed E-state index contributed by atoms with van der Waals surface area (Å²) in [7, 11) is 0. The van der Waals surface area contributed by atoms with Crippen LogP contribution in [0.25, 0.3) is 0 Å². The number of carbonyl (C=O) groups is 1. The first-order valence-corrected chi connectivity index (χ1v) is 5.12. The number of para-hydroxylation sites is 1. The van der Waals surface area contributed by atoms with Crippen molar-refractivity contribution in [1.29, 1.82) is 0 Å². The van der Waals surface area contributed by atoms with Crippen LogP contribution in [-0.2, 0) is 11.3 Å². The Balaban J connectivity index is 2.07. The van der Waals surface area contributed by atoms with E-state index >= 15 is 0 Å². The summed E-state index contributed by atoms with van der Waals surface area (Å²) < 4.78 is 6.17. The first-order valence-electron chi connectivity index (χ1n) is 5.12. The lowest BCUT2D eigenvalue weighted by atomic mass is 10.2. The van der Waals surface area contributed by atoms with Crippen molar-refractivity contribution in [2.45, 2.75) is 6.61 Å². The standard InChI is InChI=1S/C11H9N3O4/c15-11(13-6-5-12-8-13)18-7-9-3-1-2-4-10(9)14(16)17/h1-6,8H,7H2/p+1. The van der Waals surface area contributed by atoms with E-state index in [1.54, 1.807) is 24.4 Å². The highest BCUT2D eigenvalue weighted by atomic mass is 16.6. The van der Waals surface area contributed by atoms with Gasteiger partial charge in [0.05, 0.1) is 10.5 Å². The van der Waals surface area contributed by atoms with Crippen molar-refractivity contribution in [2.24, 2.45) is 0 Å². The summed E-state index contributed by atoms with van der Waals surface area (Å²) >= 11 is 0. The molecule has 7 heteroatoms. The first-order chi connectivity index (χ1) is 8.68. The highest BCUT2D eigenvalue weighted by Gasteiger charge is 2.16. The van der Waals surface area contributed by atoms with Crippen LogP contribution in [0.4, 0.5) is 10.5 Å². The Labute approximate surface area is 102 Å². The fraction of sp³-hybridized carbons (Fsp3) is 0.0909. The van der Waals surface area contributed by atoms with Gasteiger partial charge in [0.2, 0.25) is 0 Å². The van der Waals surface area contributed by atoms with E-state index < -0.39 is 11.0 Å². The van der Waals surface area contributed by atoms with Crippen molar-refractivity contribution in [3.63, 3.8) is 0 Å². The van der Waals surface area contributed by atoms with E-state index in [0.29, 0.717) is 5.56 Å². The van der Waals surface area contributed by atoms with Crippen molar-refractivity contribution in [3.05, 3.63) is 58.7 Å². The molecule has 0 radical (unpaired) electrons. The van der Waals surface area contributed by atoms with E-state index in [0.717, 1.165) is 0 Å². The number of aromatic nitrogens is 2. The third-order valence-corrected chi connectivity index (χ3v) is 2.30. The molecule has 0 saturated heterocycles. The lowest BCUT2D eigenvalue weighted by molar-refractivity contribution is -0.585. The predicted molar refractivity (Wildman–Crippen MR) is 59.7 cm³/mol. The summed E-state index contributed by atoms with van der Waals surface area (Å²) in [6.07, 6.45) is 3.87. The number of hydrogen-bond donors (Lipinski definition) is 1. The minimum Gasteiger partial charge on any atom is -0.426 e. The van der Waals surface area contributed by atoms with E-state index in [1.807, 2.05) is 0 Å². The Bertz CT molecular complexity index is 565. The maximum Gasteiger partial charge on any atom is 0.511 e. The Morgan fingerprint density at radius 2 is 2.22 bits per heavy atom. The topological polar surface area (TPSA) is 89.1 Å². The average molecular weight is 248 g/mol. The predicted octanol–water partition coefficient (Wildman–Crippen LogP) is 1.40. The van der Waals surface area contributed by atoms with E-state index in [1.165, 1.54) is 23.2 Å². The Kier molecular flexibility index (Phi) is 3.33. The Morgan fingerprint density at radius 3 is 2.89 bits per heavy atom.